The van der Waals surface area contributed by atoms with Gasteiger partial charge in [-0.05, 0) is 96.8 Å². The minimum absolute atomic E-state index is 0.00481. The van der Waals surface area contributed by atoms with E-state index in [1.54, 1.807) is 45.3 Å². The molecule has 1 fully saturated rings. The van der Waals surface area contributed by atoms with E-state index in [0.29, 0.717) is 28.2 Å². The van der Waals surface area contributed by atoms with Gasteiger partial charge in [-0.2, -0.15) is 0 Å². The molecule has 0 radical (unpaired) electrons. The van der Waals surface area contributed by atoms with Gasteiger partial charge in [0.05, 0.1) is 5.56 Å². The van der Waals surface area contributed by atoms with Crippen molar-refractivity contribution in [2.24, 2.45) is 0 Å². The van der Waals surface area contributed by atoms with Crippen LogP contribution in [0.2, 0.25) is 0 Å². The first-order chi connectivity index (χ1) is 20.1. The third kappa shape index (κ3) is 4.47. The molecular formula is C34H37N3O5S. The number of allylic oxidation sites excluding steroid dienone is 5. The second kappa shape index (κ2) is 9.77. The number of anilines is 1. The maximum atomic E-state index is 13.5. The summed E-state index contributed by atoms with van der Waals surface area (Å²) >= 11 is 5.22. The molecule has 1 aromatic carbocycles. The molecule has 0 bridgehead atoms. The van der Waals surface area contributed by atoms with Gasteiger partial charge in [0.2, 0.25) is 0 Å². The number of carbonyl (C=O) groups is 2. The number of aryl methyl sites for hydroxylation is 1. The zero-order valence-electron chi connectivity index (χ0n) is 26.0. The Morgan fingerprint density at radius 2 is 1.53 bits per heavy atom. The Hall–Kier alpha value is -3.98. The summed E-state index contributed by atoms with van der Waals surface area (Å²) in [5.41, 5.74) is 5.46. The Morgan fingerprint density at radius 3 is 2.19 bits per heavy atom. The number of rotatable bonds is 2. The zero-order valence-corrected chi connectivity index (χ0v) is 26.8. The van der Waals surface area contributed by atoms with Crippen LogP contribution in [0.1, 0.15) is 69.7 Å². The second-order valence-corrected chi connectivity index (χ2v) is 13.7. The molecule has 2 amide bonds. The highest BCUT2D eigenvalue weighted by molar-refractivity contribution is 7.80. The smallest absolute Gasteiger partial charge is 0.343 e. The van der Waals surface area contributed by atoms with Crippen molar-refractivity contribution in [2.45, 2.75) is 65.2 Å². The number of benzene rings is 1. The van der Waals surface area contributed by atoms with E-state index in [9.17, 15) is 14.4 Å². The van der Waals surface area contributed by atoms with Crippen molar-refractivity contribution >= 4 is 51.9 Å². The lowest BCUT2D eigenvalue weighted by Crippen LogP contribution is -2.53. The molecule has 0 spiro atoms. The Bertz CT molecular complexity index is 1810. The predicted octanol–water partition coefficient (Wildman–Crippen LogP) is 5.61. The summed E-state index contributed by atoms with van der Waals surface area (Å²) in [6.45, 7) is 14.8. The van der Waals surface area contributed by atoms with Crippen LogP contribution in [-0.2, 0) is 25.2 Å². The first kappa shape index (κ1) is 29.1. The Labute approximate surface area is 256 Å². The van der Waals surface area contributed by atoms with E-state index in [-0.39, 0.29) is 21.5 Å². The quantitative estimate of drug-likeness (QED) is 0.192. The number of carbonyl (C=O) groups excluding carboxylic acids is 2. The fourth-order valence-electron chi connectivity index (χ4n) is 6.70. The molecular weight excluding hydrogens is 562 g/mol. The van der Waals surface area contributed by atoms with Gasteiger partial charge in [0.15, 0.2) is 5.11 Å². The molecule has 43 heavy (non-hydrogen) atoms. The molecule has 0 saturated carbocycles. The fourth-order valence-corrected chi connectivity index (χ4v) is 6.86. The van der Waals surface area contributed by atoms with Gasteiger partial charge in [-0.1, -0.05) is 27.7 Å². The van der Waals surface area contributed by atoms with E-state index in [0.717, 1.165) is 42.4 Å². The highest BCUT2D eigenvalue weighted by atomic mass is 32.1. The van der Waals surface area contributed by atoms with Gasteiger partial charge in [-0.15, -0.1) is 0 Å². The van der Waals surface area contributed by atoms with Gasteiger partial charge >= 0.3 is 5.63 Å². The molecule has 6 rings (SSSR count). The summed E-state index contributed by atoms with van der Waals surface area (Å²) in [7, 11) is 3.09. The van der Waals surface area contributed by atoms with Crippen LogP contribution < -0.4 is 10.5 Å². The number of nitrogens with zero attached hydrogens (tertiary/aromatic N) is 3. The van der Waals surface area contributed by atoms with Crippen molar-refractivity contribution in [3.05, 3.63) is 79.6 Å². The van der Waals surface area contributed by atoms with Crippen LogP contribution in [0, 0.1) is 6.92 Å². The molecule has 4 aliphatic rings. The maximum Gasteiger partial charge on any atom is 0.343 e. The number of ether oxygens (including phenoxy) is 1. The standard InChI is InChI=1S/C34H37N3O5S/c1-18-15-20(25-29(38)35(7)32(43)36(8)30(25)39)16-21(41-18)9-10-22-19(2)23-17-24-27-26(28(23)42-31(22)40)34(5,6)12-14-37(27)13-11-33(24,3)4/h9-10,15-17H,11-14H2,1-8H3. The third-order valence-corrected chi connectivity index (χ3v) is 10.0. The number of fused-ring (bicyclic) bond motifs is 2. The minimum atomic E-state index is -0.476. The van der Waals surface area contributed by atoms with E-state index >= 15 is 0 Å². The first-order valence-corrected chi connectivity index (χ1v) is 15.0. The van der Waals surface area contributed by atoms with E-state index in [2.05, 4.69) is 38.7 Å². The molecule has 8 nitrogen and oxygen atoms in total. The van der Waals surface area contributed by atoms with E-state index in [1.165, 1.54) is 21.1 Å². The highest BCUT2D eigenvalue weighted by Gasteiger charge is 2.42. The number of likely N-dealkylation sites (N-methyl/N-ethyl adjacent to an activating group) is 2. The van der Waals surface area contributed by atoms with Gasteiger partial charge in [-0.25, -0.2) is 4.79 Å². The number of hydrogen-bond acceptors (Lipinski definition) is 7. The van der Waals surface area contributed by atoms with Crippen molar-refractivity contribution in [2.75, 3.05) is 32.1 Å². The summed E-state index contributed by atoms with van der Waals surface area (Å²) < 4.78 is 12.1. The van der Waals surface area contributed by atoms with Crippen LogP contribution in [0.3, 0.4) is 0 Å². The van der Waals surface area contributed by atoms with Crippen molar-refractivity contribution < 1.29 is 18.7 Å². The van der Waals surface area contributed by atoms with Crippen LogP contribution in [0.5, 0.6) is 0 Å². The molecule has 0 atom stereocenters. The largest absolute Gasteiger partial charge is 0.462 e. The van der Waals surface area contributed by atoms with Gasteiger partial charge < -0.3 is 14.1 Å². The Morgan fingerprint density at radius 1 is 0.907 bits per heavy atom. The highest BCUT2D eigenvalue weighted by Crippen LogP contribution is 2.52. The van der Waals surface area contributed by atoms with E-state index in [4.69, 9.17) is 21.4 Å². The topological polar surface area (TPSA) is 83.3 Å². The molecule has 1 aromatic heterocycles. The lowest BCUT2D eigenvalue weighted by Gasteiger charge is -2.48. The normalized spacial score (nSPS) is 21.4. The van der Waals surface area contributed by atoms with Crippen LogP contribution in [-0.4, -0.2) is 53.9 Å². The van der Waals surface area contributed by atoms with Gasteiger partial charge in [0, 0.05) is 43.8 Å². The average molecular weight is 600 g/mol. The Balaban J connectivity index is 1.48. The summed E-state index contributed by atoms with van der Waals surface area (Å²) in [6, 6.07) is 2.22. The number of thiocarbonyl (C=S) groups is 1. The predicted molar refractivity (Wildman–Crippen MR) is 172 cm³/mol. The first-order valence-electron chi connectivity index (χ1n) is 14.6. The molecule has 5 heterocycles. The van der Waals surface area contributed by atoms with Crippen molar-refractivity contribution in [1.82, 2.24) is 9.80 Å². The monoisotopic (exact) mass is 599 g/mol. The molecule has 0 unspecified atom stereocenters. The lowest BCUT2D eigenvalue weighted by molar-refractivity contribution is -0.132. The van der Waals surface area contributed by atoms with Gasteiger partial charge in [0.25, 0.3) is 11.8 Å². The summed E-state index contributed by atoms with van der Waals surface area (Å²) in [5.74, 6) is -0.0580. The van der Waals surface area contributed by atoms with Crippen LogP contribution >= 0.6 is 12.2 Å². The second-order valence-electron chi connectivity index (χ2n) is 13.3. The van der Waals surface area contributed by atoms with Crippen molar-refractivity contribution in [1.29, 1.82) is 0 Å². The van der Waals surface area contributed by atoms with Crippen molar-refractivity contribution in [3.8, 4) is 0 Å². The molecule has 1 saturated heterocycles. The molecule has 9 heteroatoms. The number of hydrogen-bond donors (Lipinski definition) is 0. The SMILES string of the molecule is CC1=CC(=C2C(=O)N(C)C(=S)N(C)C2=O)C=C(C=Cc2c(C)c3cc4c5c(c3oc2=O)C(C)(C)CCN5CCC4(C)C)O1. The van der Waals surface area contributed by atoms with Crippen LogP contribution in [0.25, 0.3) is 17.0 Å². The van der Waals surface area contributed by atoms with Crippen molar-refractivity contribution in [3.63, 3.8) is 0 Å². The van der Waals surface area contributed by atoms with Crippen LogP contribution in [0.4, 0.5) is 5.69 Å². The summed E-state index contributed by atoms with van der Waals surface area (Å²) in [6.07, 6.45) is 8.70. The molecule has 224 valence electrons. The molecule has 0 N–H and O–H groups in total. The maximum absolute atomic E-state index is 13.5. The average Bonchev–Trinajstić information content (AvgIpc) is 2.93. The van der Waals surface area contributed by atoms with E-state index < -0.39 is 17.4 Å². The van der Waals surface area contributed by atoms with E-state index in [1.807, 2.05) is 6.92 Å². The number of amides is 2. The molecule has 0 aliphatic carbocycles. The van der Waals surface area contributed by atoms with Gasteiger partial charge in [0.1, 0.15) is 22.7 Å². The van der Waals surface area contributed by atoms with Crippen LogP contribution in [0.15, 0.2) is 56.2 Å². The molecule has 2 aromatic rings. The lowest BCUT2D eigenvalue weighted by atomic mass is 9.69. The minimum Gasteiger partial charge on any atom is -0.462 e. The third-order valence-electron chi connectivity index (χ3n) is 9.46. The summed E-state index contributed by atoms with van der Waals surface area (Å²) in [4.78, 5) is 44.6. The zero-order chi connectivity index (χ0) is 31.2. The van der Waals surface area contributed by atoms with Gasteiger partial charge in [-0.3, -0.25) is 19.4 Å². The fraction of sp³-hybridized carbons (Fsp3) is 0.412. The summed E-state index contributed by atoms with van der Waals surface area (Å²) in [5, 5.41) is 1.08. The Kier molecular flexibility index (Phi) is 6.62. The molecule has 4 aliphatic heterocycles.